The van der Waals surface area contributed by atoms with Crippen molar-refractivity contribution < 1.29 is 9.59 Å². The van der Waals surface area contributed by atoms with E-state index in [1.54, 1.807) is 30.3 Å². The highest BCUT2D eigenvalue weighted by atomic mass is 35.5. The van der Waals surface area contributed by atoms with Crippen LogP contribution in [0.4, 0.5) is 11.4 Å². The molecule has 0 spiro atoms. The largest absolute Gasteiger partial charge is 0.326 e. The molecule has 2 rings (SSSR count). The number of benzene rings is 1. The van der Waals surface area contributed by atoms with Crippen LogP contribution in [0.2, 0.25) is 5.02 Å². The number of amides is 2. The topological polar surface area (TPSA) is 71.1 Å². The van der Waals surface area contributed by atoms with E-state index in [0.717, 1.165) is 0 Å². The number of anilines is 2. The van der Waals surface area contributed by atoms with Crippen LogP contribution in [0.25, 0.3) is 0 Å². The van der Waals surface area contributed by atoms with Crippen LogP contribution in [0, 0.1) is 0 Å². The molecule has 5 nitrogen and oxygen atoms in total. The first-order valence-electron chi connectivity index (χ1n) is 5.85. The van der Waals surface area contributed by atoms with Crippen LogP contribution < -0.4 is 10.6 Å². The van der Waals surface area contributed by atoms with E-state index < -0.39 is 0 Å². The number of hydrogen-bond acceptors (Lipinski definition) is 3. The van der Waals surface area contributed by atoms with Gasteiger partial charge in [0.25, 0.3) is 5.91 Å². The van der Waals surface area contributed by atoms with Gasteiger partial charge in [0.05, 0.1) is 10.6 Å². The Kier molecular flexibility index (Phi) is 4.32. The summed E-state index contributed by atoms with van der Waals surface area (Å²) in [7, 11) is 0. The van der Waals surface area contributed by atoms with Crippen molar-refractivity contribution in [2.24, 2.45) is 0 Å². The normalized spacial score (nSPS) is 9.90. The smallest absolute Gasteiger partial charge is 0.258 e. The second-order valence-electron chi connectivity index (χ2n) is 4.07. The maximum absolute atomic E-state index is 12.0. The number of halogens is 1. The molecule has 20 heavy (non-hydrogen) atoms. The molecule has 0 fully saturated rings. The SMILES string of the molecule is CC(=O)Nc1cccc(NC(=O)c2cnccc2Cl)c1. The Morgan fingerprint density at radius 3 is 2.50 bits per heavy atom. The van der Waals surface area contributed by atoms with E-state index in [1.807, 2.05) is 0 Å². The van der Waals surface area contributed by atoms with Crippen LogP contribution in [-0.4, -0.2) is 16.8 Å². The molecule has 0 saturated carbocycles. The molecule has 0 atom stereocenters. The van der Waals surface area contributed by atoms with Crippen molar-refractivity contribution in [3.8, 4) is 0 Å². The summed E-state index contributed by atoms with van der Waals surface area (Å²) in [6, 6.07) is 8.38. The zero-order valence-corrected chi connectivity index (χ0v) is 11.4. The van der Waals surface area contributed by atoms with E-state index in [1.165, 1.54) is 19.3 Å². The van der Waals surface area contributed by atoms with Crippen LogP contribution in [0.3, 0.4) is 0 Å². The van der Waals surface area contributed by atoms with E-state index in [-0.39, 0.29) is 11.8 Å². The molecule has 0 aliphatic rings. The monoisotopic (exact) mass is 289 g/mol. The fourth-order valence-corrected chi connectivity index (χ4v) is 1.81. The van der Waals surface area contributed by atoms with Crippen molar-refractivity contribution in [2.45, 2.75) is 6.92 Å². The van der Waals surface area contributed by atoms with Crippen molar-refractivity contribution in [1.82, 2.24) is 4.98 Å². The summed E-state index contributed by atoms with van der Waals surface area (Å²) in [5.74, 6) is -0.535. The van der Waals surface area contributed by atoms with E-state index in [4.69, 9.17) is 11.6 Å². The number of carbonyl (C=O) groups excluding carboxylic acids is 2. The highest BCUT2D eigenvalue weighted by Crippen LogP contribution is 2.18. The quantitative estimate of drug-likeness (QED) is 0.912. The average Bonchev–Trinajstić information content (AvgIpc) is 2.38. The van der Waals surface area contributed by atoms with Crippen LogP contribution in [0.5, 0.6) is 0 Å². The molecule has 102 valence electrons. The lowest BCUT2D eigenvalue weighted by Gasteiger charge is -2.08. The summed E-state index contributed by atoms with van der Waals surface area (Å²) in [4.78, 5) is 26.9. The van der Waals surface area contributed by atoms with Gasteiger partial charge in [-0.15, -0.1) is 0 Å². The van der Waals surface area contributed by atoms with Crippen LogP contribution in [-0.2, 0) is 4.79 Å². The first kappa shape index (κ1) is 14.0. The van der Waals surface area contributed by atoms with Gasteiger partial charge in [-0.05, 0) is 24.3 Å². The molecule has 2 amide bonds. The Labute approximate surface area is 121 Å². The molecule has 0 unspecified atom stereocenters. The molecule has 1 aromatic heterocycles. The van der Waals surface area contributed by atoms with Gasteiger partial charge in [-0.25, -0.2) is 0 Å². The van der Waals surface area contributed by atoms with Crippen molar-refractivity contribution in [2.75, 3.05) is 10.6 Å². The van der Waals surface area contributed by atoms with Gasteiger partial charge in [0.15, 0.2) is 0 Å². The van der Waals surface area contributed by atoms with Crippen LogP contribution in [0.15, 0.2) is 42.7 Å². The standard InChI is InChI=1S/C14H12ClN3O2/c1-9(19)17-10-3-2-4-11(7-10)18-14(20)12-8-16-6-5-13(12)15/h2-8H,1H3,(H,17,19)(H,18,20). The maximum atomic E-state index is 12.0. The van der Waals surface area contributed by atoms with Gasteiger partial charge >= 0.3 is 0 Å². The molecule has 2 N–H and O–H groups in total. The third-order valence-corrected chi connectivity index (χ3v) is 2.78. The fourth-order valence-electron chi connectivity index (χ4n) is 1.62. The maximum Gasteiger partial charge on any atom is 0.258 e. The van der Waals surface area contributed by atoms with E-state index in [0.29, 0.717) is 22.0 Å². The van der Waals surface area contributed by atoms with Crippen LogP contribution in [0.1, 0.15) is 17.3 Å². The second kappa shape index (κ2) is 6.16. The number of nitrogens with zero attached hydrogens (tertiary/aromatic N) is 1. The minimum atomic E-state index is -0.358. The molecular weight excluding hydrogens is 278 g/mol. The zero-order chi connectivity index (χ0) is 14.5. The number of aromatic nitrogens is 1. The number of pyridine rings is 1. The highest BCUT2D eigenvalue weighted by molar-refractivity contribution is 6.34. The first-order valence-corrected chi connectivity index (χ1v) is 6.22. The summed E-state index contributed by atoms with van der Waals surface area (Å²) < 4.78 is 0. The Morgan fingerprint density at radius 1 is 1.15 bits per heavy atom. The third kappa shape index (κ3) is 3.55. The molecule has 6 heteroatoms. The Balaban J connectivity index is 2.16. The zero-order valence-electron chi connectivity index (χ0n) is 10.7. The van der Waals surface area contributed by atoms with E-state index in [2.05, 4.69) is 15.6 Å². The summed E-state index contributed by atoms with van der Waals surface area (Å²) in [5, 5.41) is 5.67. The lowest BCUT2D eigenvalue weighted by atomic mass is 10.2. The Bertz CT molecular complexity index is 658. The second-order valence-corrected chi connectivity index (χ2v) is 4.48. The fraction of sp³-hybridized carbons (Fsp3) is 0.0714. The van der Waals surface area contributed by atoms with Gasteiger partial charge < -0.3 is 10.6 Å². The minimum absolute atomic E-state index is 0.177. The van der Waals surface area contributed by atoms with Crippen LogP contribution >= 0.6 is 11.6 Å². The predicted molar refractivity (Wildman–Crippen MR) is 77.9 cm³/mol. The minimum Gasteiger partial charge on any atom is -0.326 e. The Hall–Kier alpha value is -2.40. The Morgan fingerprint density at radius 2 is 1.85 bits per heavy atom. The molecule has 0 saturated heterocycles. The van der Waals surface area contributed by atoms with Gasteiger partial charge in [-0.2, -0.15) is 0 Å². The van der Waals surface area contributed by atoms with Crippen molar-refractivity contribution >= 4 is 34.8 Å². The van der Waals surface area contributed by atoms with Gasteiger partial charge in [-0.1, -0.05) is 17.7 Å². The molecule has 1 aromatic carbocycles. The highest BCUT2D eigenvalue weighted by Gasteiger charge is 2.10. The lowest BCUT2D eigenvalue weighted by Crippen LogP contribution is -2.13. The molecule has 2 aromatic rings. The third-order valence-electron chi connectivity index (χ3n) is 2.45. The van der Waals surface area contributed by atoms with E-state index in [9.17, 15) is 9.59 Å². The summed E-state index contributed by atoms with van der Waals surface area (Å²) >= 11 is 5.93. The van der Waals surface area contributed by atoms with Crippen molar-refractivity contribution in [3.05, 3.63) is 53.3 Å². The summed E-state index contributed by atoms with van der Waals surface area (Å²) in [5.41, 5.74) is 1.45. The van der Waals surface area contributed by atoms with E-state index >= 15 is 0 Å². The lowest BCUT2D eigenvalue weighted by molar-refractivity contribution is -0.114. The number of nitrogens with one attached hydrogen (secondary N) is 2. The molecule has 1 heterocycles. The molecule has 0 aliphatic carbocycles. The summed E-state index contributed by atoms with van der Waals surface area (Å²) in [6.07, 6.45) is 2.91. The molecular formula is C14H12ClN3O2. The predicted octanol–water partition coefficient (Wildman–Crippen LogP) is 2.95. The number of carbonyl (C=O) groups is 2. The number of hydrogen-bond donors (Lipinski definition) is 2. The number of rotatable bonds is 3. The molecule has 0 bridgehead atoms. The van der Waals surface area contributed by atoms with Gasteiger partial charge in [0.2, 0.25) is 5.91 Å². The molecule has 0 radical (unpaired) electrons. The van der Waals surface area contributed by atoms with Crippen molar-refractivity contribution in [3.63, 3.8) is 0 Å². The van der Waals surface area contributed by atoms with Gasteiger partial charge in [-0.3, -0.25) is 14.6 Å². The van der Waals surface area contributed by atoms with Crippen molar-refractivity contribution in [1.29, 1.82) is 0 Å². The average molecular weight is 290 g/mol. The molecule has 0 aliphatic heterocycles. The summed E-state index contributed by atoms with van der Waals surface area (Å²) in [6.45, 7) is 1.42. The van der Waals surface area contributed by atoms with Gasteiger partial charge in [0.1, 0.15) is 0 Å². The van der Waals surface area contributed by atoms with Gasteiger partial charge in [0, 0.05) is 30.7 Å². The first-order chi connectivity index (χ1) is 9.56.